The molecule has 0 atom stereocenters. The number of carbonyl (C=O) groups excluding carboxylic acids is 1. The summed E-state index contributed by atoms with van der Waals surface area (Å²) in [4.78, 5) is 31.3. The van der Waals surface area contributed by atoms with E-state index in [1.165, 1.54) is 6.07 Å². The molecule has 8 nitrogen and oxygen atoms in total. The maximum atomic E-state index is 15.8. The van der Waals surface area contributed by atoms with Crippen molar-refractivity contribution in [2.75, 3.05) is 57.4 Å². The van der Waals surface area contributed by atoms with Crippen LogP contribution in [0.5, 0.6) is 11.5 Å². The quantitative estimate of drug-likeness (QED) is 0.320. The van der Waals surface area contributed by atoms with Crippen LogP contribution in [0.2, 0.25) is 0 Å². The highest BCUT2D eigenvalue weighted by atomic mass is 19.1. The van der Waals surface area contributed by atoms with Gasteiger partial charge in [-0.05, 0) is 43.3 Å². The zero-order valence-corrected chi connectivity index (χ0v) is 22.2. The Morgan fingerprint density at radius 1 is 0.975 bits per heavy atom. The third-order valence-corrected chi connectivity index (χ3v) is 8.20. The Morgan fingerprint density at radius 3 is 2.60 bits per heavy atom. The van der Waals surface area contributed by atoms with Gasteiger partial charge in [0, 0.05) is 44.3 Å². The molecule has 2 fully saturated rings. The van der Waals surface area contributed by atoms with Gasteiger partial charge in [-0.3, -0.25) is 14.5 Å². The van der Waals surface area contributed by atoms with Crippen molar-refractivity contribution in [3.63, 3.8) is 0 Å². The number of fused-ring (bicyclic) bond motifs is 4. The van der Waals surface area contributed by atoms with Gasteiger partial charge in [-0.25, -0.2) is 4.39 Å². The molecule has 9 heteroatoms. The SMILES string of the molecule is O=C(NCCCN1CCOCC1)c1cn2c3c(c(N4CCCC4)c(F)cc3c1=O)Oc1c-2ccc2ccccc12. The first-order valence-electron chi connectivity index (χ1n) is 14.1. The summed E-state index contributed by atoms with van der Waals surface area (Å²) in [6.07, 6.45) is 4.28. The molecule has 0 bridgehead atoms. The Hall–Kier alpha value is -3.95. The Balaban J connectivity index is 1.32. The smallest absolute Gasteiger partial charge is 0.256 e. The summed E-state index contributed by atoms with van der Waals surface area (Å²) >= 11 is 0. The van der Waals surface area contributed by atoms with Gasteiger partial charge in [-0.2, -0.15) is 0 Å². The standard InChI is InChI=1S/C31H31FN4O4/c32-24-18-22-26-30(27(24)35-12-3-4-13-35)40-29-21-7-2-1-6-20(21)8-9-25(29)36(26)19-23(28(22)37)31(38)33-10-5-11-34-14-16-39-17-15-34/h1-2,6-9,18-19H,3-5,10-17H2,(H,33,38). The molecule has 3 aliphatic rings. The number of amides is 1. The minimum Gasteiger partial charge on any atom is -0.450 e. The normalized spacial score (nSPS) is 16.8. The van der Waals surface area contributed by atoms with E-state index in [-0.39, 0.29) is 10.9 Å². The molecule has 206 valence electrons. The minimum absolute atomic E-state index is 0.0147. The number of nitrogens with one attached hydrogen (secondary N) is 1. The van der Waals surface area contributed by atoms with E-state index >= 15 is 4.39 Å². The fraction of sp³-hybridized carbons (Fsp3) is 0.355. The van der Waals surface area contributed by atoms with Crippen molar-refractivity contribution in [1.82, 2.24) is 14.8 Å². The molecule has 0 saturated carbocycles. The molecule has 0 unspecified atom stereocenters. The van der Waals surface area contributed by atoms with Gasteiger partial charge in [0.05, 0.1) is 24.3 Å². The first kappa shape index (κ1) is 25.0. The summed E-state index contributed by atoms with van der Waals surface area (Å²) in [5.74, 6) is -0.0642. The maximum Gasteiger partial charge on any atom is 0.256 e. The predicted molar refractivity (Wildman–Crippen MR) is 153 cm³/mol. The lowest BCUT2D eigenvalue weighted by molar-refractivity contribution is 0.0374. The van der Waals surface area contributed by atoms with Crippen LogP contribution in [0.4, 0.5) is 10.1 Å². The van der Waals surface area contributed by atoms with E-state index in [0.717, 1.165) is 76.0 Å². The van der Waals surface area contributed by atoms with Crippen molar-refractivity contribution in [3.8, 4) is 17.2 Å². The summed E-state index contributed by atoms with van der Waals surface area (Å²) in [7, 11) is 0. The van der Waals surface area contributed by atoms with Gasteiger partial charge in [0.2, 0.25) is 5.43 Å². The minimum atomic E-state index is -0.514. The van der Waals surface area contributed by atoms with E-state index in [2.05, 4.69) is 10.2 Å². The van der Waals surface area contributed by atoms with Gasteiger partial charge >= 0.3 is 0 Å². The van der Waals surface area contributed by atoms with Gasteiger partial charge in [0.1, 0.15) is 16.8 Å². The van der Waals surface area contributed by atoms with Crippen LogP contribution < -0.4 is 20.4 Å². The average molecular weight is 543 g/mol. The van der Waals surface area contributed by atoms with Crippen molar-refractivity contribution in [2.24, 2.45) is 0 Å². The van der Waals surface area contributed by atoms with E-state index in [1.807, 2.05) is 45.9 Å². The number of rotatable bonds is 6. The number of pyridine rings is 1. The zero-order chi connectivity index (χ0) is 27.2. The summed E-state index contributed by atoms with van der Waals surface area (Å²) in [5.41, 5.74) is 1.05. The van der Waals surface area contributed by atoms with Gasteiger partial charge in [-0.15, -0.1) is 0 Å². The van der Waals surface area contributed by atoms with Crippen molar-refractivity contribution in [3.05, 3.63) is 70.3 Å². The molecule has 40 heavy (non-hydrogen) atoms. The molecule has 3 aliphatic heterocycles. The number of morpholine rings is 1. The van der Waals surface area contributed by atoms with Crippen molar-refractivity contribution < 1.29 is 18.7 Å². The fourth-order valence-corrected chi connectivity index (χ4v) is 6.15. The number of hydrogen-bond acceptors (Lipinski definition) is 6. The van der Waals surface area contributed by atoms with Crippen LogP contribution in [0.15, 0.2) is 53.5 Å². The van der Waals surface area contributed by atoms with E-state index in [1.54, 1.807) is 6.20 Å². The Bertz CT molecular complexity index is 1690. The predicted octanol–water partition coefficient (Wildman–Crippen LogP) is 4.44. The lowest BCUT2D eigenvalue weighted by Crippen LogP contribution is -2.38. The topological polar surface area (TPSA) is 76.0 Å². The largest absolute Gasteiger partial charge is 0.450 e. The molecule has 2 saturated heterocycles. The van der Waals surface area contributed by atoms with E-state index in [0.29, 0.717) is 34.9 Å². The first-order valence-corrected chi connectivity index (χ1v) is 14.1. The van der Waals surface area contributed by atoms with Gasteiger partial charge in [0.15, 0.2) is 17.3 Å². The van der Waals surface area contributed by atoms with Crippen LogP contribution in [0.25, 0.3) is 27.4 Å². The number of halogens is 1. The molecule has 1 amide bonds. The van der Waals surface area contributed by atoms with E-state index < -0.39 is 17.2 Å². The summed E-state index contributed by atoms with van der Waals surface area (Å²) < 4.78 is 29.6. The molecule has 0 aliphatic carbocycles. The highest BCUT2D eigenvalue weighted by Gasteiger charge is 2.32. The number of carbonyl (C=O) groups is 1. The lowest BCUT2D eigenvalue weighted by Gasteiger charge is -2.29. The number of hydrogen-bond donors (Lipinski definition) is 1. The third kappa shape index (κ3) is 4.20. The summed E-state index contributed by atoms with van der Waals surface area (Å²) in [6, 6.07) is 13.0. The van der Waals surface area contributed by atoms with Crippen LogP contribution in [0.1, 0.15) is 29.6 Å². The number of anilines is 1. The highest BCUT2D eigenvalue weighted by Crippen LogP contribution is 2.49. The molecular formula is C31H31FN4O4. The Kier molecular flexibility index (Phi) is 6.40. The summed E-state index contributed by atoms with van der Waals surface area (Å²) in [5, 5.41) is 4.91. The average Bonchev–Trinajstić information content (AvgIpc) is 3.51. The molecular weight excluding hydrogens is 511 g/mol. The fourth-order valence-electron chi connectivity index (χ4n) is 6.15. The Labute approximate surface area is 230 Å². The third-order valence-electron chi connectivity index (χ3n) is 8.20. The molecule has 1 aromatic heterocycles. The van der Waals surface area contributed by atoms with Crippen molar-refractivity contribution in [1.29, 1.82) is 0 Å². The van der Waals surface area contributed by atoms with E-state index in [9.17, 15) is 9.59 Å². The highest BCUT2D eigenvalue weighted by molar-refractivity contribution is 6.03. The monoisotopic (exact) mass is 542 g/mol. The van der Waals surface area contributed by atoms with Crippen LogP contribution >= 0.6 is 0 Å². The number of nitrogens with zero attached hydrogens (tertiary/aromatic N) is 3. The second kappa shape index (κ2) is 10.2. The Morgan fingerprint density at radius 2 is 1.77 bits per heavy atom. The second-order valence-electron chi connectivity index (χ2n) is 10.7. The van der Waals surface area contributed by atoms with Crippen LogP contribution in [0.3, 0.4) is 0 Å². The first-order chi connectivity index (χ1) is 19.6. The maximum absolute atomic E-state index is 15.8. The van der Waals surface area contributed by atoms with Gasteiger partial charge in [-0.1, -0.05) is 30.3 Å². The molecule has 0 spiro atoms. The molecule has 3 aromatic carbocycles. The van der Waals surface area contributed by atoms with Crippen molar-refractivity contribution in [2.45, 2.75) is 19.3 Å². The number of benzene rings is 3. The molecule has 4 heterocycles. The van der Waals surface area contributed by atoms with Gasteiger partial charge in [0.25, 0.3) is 5.91 Å². The molecule has 4 aromatic rings. The summed E-state index contributed by atoms with van der Waals surface area (Å²) in [6.45, 7) is 5.93. The molecule has 1 N–H and O–H groups in total. The molecule has 0 radical (unpaired) electrons. The second-order valence-corrected chi connectivity index (χ2v) is 10.7. The van der Waals surface area contributed by atoms with Crippen LogP contribution in [0, 0.1) is 5.82 Å². The lowest BCUT2D eigenvalue weighted by atomic mass is 10.0. The van der Waals surface area contributed by atoms with Gasteiger partial charge < -0.3 is 24.3 Å². The van der Waals surface area contributed by atoms with Crippen LogP contribution in [-0.4, -0.2) is 67.9 Å². The molecule has 7 rings (SSSR count). The number of aromatic nitrogens is 1. The zero-order valence-electron chi connectivity index (χ0n) is 22.2. The van der Waals surface area contributed by atoms with E-state index in [4.69, 9.17) is 9.47 Å². The van der Waals surface area contributed by atoms with Crippen molar-refractivity contribution >= 4 is 33.3 Å². The van der Waals surface area contributed by atoms with Crippen LogP contribution in [-0.2, 0) is 4.74 Å². The number of ether oxygens (including phenoxy) is 2.